The van der Waals surface area contributed by atoms with Gasteiger partial charge in [0.15, 0.2) is 18.2 Å². The van der Waals surface area contributed by atoms with Crippen LogP contribution in [0.1, 0.15) is 27.8 Å². The Kier molecular flexibility index (Phi) is 4.64. The summed E-state index contributed by atoms with van der Waals surface area (Å²) in [7, 11) is 2.67. The average Bonchev–Trinajstić information content (AvgIpc) is 3.40. The van der Waals surface area contributed by atoms with E-state index in [2.05, 4.69) is 4.74 Å². The minimum atomic E-state index is -0.792. The number of methoxy groups -OCH3 is 2. The molecule has 2 atom stereocenters. The standard InChI is InChI=1S/C17H16O7/c1-20-16(19)11-9-23-14(15-17(21-2)24-15)13(12(11)18)22-8-10-6-4-3-5-7-10/h3-7,9,15,17H,8H2,1-2H3. The van der Waals surface area contributed by atoms with Crippen LogP contribution in [0, 0.1) is 0 Å². The van der Waals surface area contributed by atoms with Gasteiger partial charge >= 0.3 is 5.97 Å². The normalized spacial score (nSPS) is 18.9. The summed E-state index contributed by atoms with van der Waals surface area (Å²) >= 11 is 0. The maximum atomic E-state index is 12.6. The lowest BCUT2D eigenvalue weighted by atomic mass is 10.2. The van der Waals surface area contributed by atoms with Crippen LogP contribution < -0.4 is 10.2 Å². The first-order valence-electron chi connectivity index (χ1n) is 7.24. The van der Waals surface area contributed by atoms with E-state index in [1.54, 1.807) is 0 Å². The molecular formula is C17H16O7. The molecule has 7 heteroatoms. The number of rotatable bonds is 6. The molecule has 24 heavy (non-hydrogen) atoms. The maximum Gasteiger partial charge on any atom is 0.345 e. The molecule has 0 amide bonds. The zero-order valence-corrected chi connectivity index (χ0v) is 13.2. The molecule has 2 aromatic rings. The van der Waals surface area contributed by atoms with Gasteiger partial charge in [0.1, 0.15) is 18.4 Å². The van der Waals surface area contributed by atoms with Gasteiger partial charge in [0.2, 0.25) is 11.2 Å². The summed E-state index contributed by atoms with van der Waals surface area (Å²) in [6.07, 6.45) is 0.00386. The Morgan fingerprint density at radius 2 is 1.96 bits per heavy atom. The smallest absolute Gasteiger partial charge is 0.345 e. The lowest BCUT2D eigenvalue weighted by molar-refractivity contribution is 0.0594. The quantitative estimate of drug-likeness (QED) is 0.591. The predicted molar refractivity (Wildman–Crippen MR) is 81.7 cm³/mol. The van der Waals surface area contributed by atoms with Crippen molar-refractivity contribution in [3.63, 3.8) is 0 Å². The Bertz CT molecular complexity index is 781. The Balaban J connectivity index is 1.93. The highest BCUT2D eigenvalue weighted by Gasteiger charge is 2.46. The first-order valence-corrected chi connectivity index (χ1v) is 7.24. The SMILES string of the molecule is COC(=O)c1coc(C2OC2OC)c(OCc2ccccc2)c1=O. The van der Waals surface area contributed by atoms with Crippen LogP contribution in [-0.4, -0.2) is 26.5 Å². The first kappa shape index (κ1) is 16.2. The van der Waals surface area contributed by atoms with E-state index in [1.807, 2.05) is 30.3 Å². The van der Waals surface area contributed by atoms with E-state index in [1.165, 1.54) is 14.2 Å². The van der Waals surface area contributed by atoms with Crippen LogP contribution in [0.5, 0.6) is 5.75 Å². The summed E-state index contributed by atoms with van der Waals surface area (Å²) in [5, 5.41) is 0. The Hall–Kier alpha value is -2.64. The van der Waals surface area contributed by atoms with Crippen LogP contribution in [0.3, 0.4) is 0 Å². The van der Waals surface area contributed by atoms with E-state index in [0.29, 0.717) is 0 Å². The molecule has 0 saturated carbocycles. The molecule has 0 aliphatic carbocycles. The van der Waals surface area contributed by atoms with Crippen LogP contribution in [-0.2, 0) is 20.8 Å². The predicted octanol–water partition coefficient (Wildman–Crippen LogP) is 2.05. The fraction of sp³-hybridized carbons (Fsp3) is 0.294. The molecule has 126 valence electrons. The number of hydrogen-bond acceptors (Lipinski definition) is 7. The van der Waals surface area contributed by atoms with Crippen LogP contribution in [0.4, 0.5) is 0 Å². The topological polar surface area (TPSA) is 87.5 Å². The van der Waals surface area contributed by atoms with Gasteiger partial charge in [-0.25, -0.2) is 4.79 Å². The summed E-state index contributed by atoms with van der Waals surface area (Å²) < 4.78 is 26.0. The molecule has 1 aliphatic rings. The summed E-state index contributed by atoms with van der Waals surface area (Å²) in [6.45, 7) is 0.146. The van der Waals surface area contributed by atoms with Gasteiger partial charge in [-0.05, 0) is 5.56 Å². The molecule has 0 N–H and O–H groups in total. The van der Waals surface area contributed by atoms with E-state index < -0.39 is 23.8 Å². The second kappa shape index (κ2) is 6.86. The molecule has 2 heterocycles. The second-order valence-electron chi connectivity index (χ2n) is 5.10. The van der Waals surface area contributed by atoms with Gasteiger partial charge in [-0.2, -0.15) is 0 Å². The van der Waals surface area contributed by atoms with Crippen molar-refractivity contribution in [3.05, 3.63) is 63.7 Å². The van der Waals surface area contributed by atoms with Crippen molar-refractivity contribution in [1.82, 2.24) is 0 Å². The van der Waals surface area contributed by atoms with E-state index in [-0.39, 0.29) is 23.7 Å². The molecule has 2 unspecified atom stereocenters. The average molecular weight is 332 g/mol. The lowest BCUT2D eigenvalue weighted by Gasteiger charge is -2.10. The zero-order chi connectivity index (χ0) is 17.1. The van der Waals surface area contributed by atoms with Crippen molar-refractivity contribution < 1.29 is 28.2 Å². The van der Waals surface area contributed by atoms with E-state index in [9.17, 15) is 9.59 Å². The summed E-state index contributed by atoms with van der Waals surface area (Å²) in [5.41, 5.74) is 0.0228. The molecule has 1 aromatic carbocycles. The van der Waals surface area contributed by atoms with Crippen LogP contribution >= 0.6 is 0 Å². The zero-order valence-electron chi connectivity index (χ0n) is 13.2. The van der Waals surface area contributed by atoms with Crippen molar-refractivity contribution in [2.75, 3.05) is 14.2 Å². The molecule has 0 spiro atoms. The van der Waals surface area contributed by atoms with Crippen LogP contribution in [0.2, 0.25) is 0 Å². The van der Waals surface area contributed by atoms with Crippen LogP contribution in [0.25, 0.3) is 0 Å². The number of epoxide rings is 1. The third-order valence-corrected chi connectivity index (χ3v) is 3.55. The second-order valence-corrected chi connectivity index (χ2v) is 5.10. The largest absolute Gasteiger partial charge is 0.482 e. The van der Waals surface area contributed by atoms with E-state index in [0.717, 1.165) is 11.8 Å². The van der Waals surface area contributed by atoms with E-state index in [4.69, 9.17) is 18.6 Å². The van der Waals surface area contributed by atoms with Gasteiger partial charge in [-0.15, -0.1) is 0 Å². The molecule has 1 aliphatic heterocycles. The van der Waals surface area contributed by atoms with Gasteiger partial charge in [0.05, 0.1) is 7.11 Å². The molecule has 1 fully saturated rings. The molecular weight excluding hydrogens is 316 g/mol. The first-order chi connectivity index (χ1) is 11.7. The Morgan fingerprint density at radius 3 is 2.58 bits per heavy atom. The highest BCUT2D eigenvalue weighted by atomic mass is 16.8. The van der Waals surface area contributed by atoms with Crippen LogP contribution in [0.15, 0.2) is 45.8 Å². The fourth-order valence-corrected chi connectivity index (χ4v) is 2.24. The van der Waals surface area contributed by atoms with Crippen molar-refractivity contribution >= 4 is 5.97 Å². The summed E-state index contributed by atoms with van der Waals surface area (Å²) in [5.74, 6) is -0.679. The number of carbonyl (C=O) groups is 1. The van der Waals surface area contributed by atoms with Gasteiger partial charge in [-0.3, -0.25) is 4.79 Å². The molecule has 1 aromatic heterocycles. The molecule has 3 rings (SSSR count). The number of carbonyl (C=O) groups excluding carboxylic acids is 1. The minimum absolute atomic E-state index is 0.0775. The molecule has 1 saturated heterocycles. The van der Waals surface area contributed by atoms with Crippen molar-refractivity contribution in [3.8, 4) is 5.75 Å². The maximum absolute atomic E-state index is 12.6. The number of ether oxygens (including phenoxy) is 4. The molecule has 0 radical (unpaired) electrons. The van der Waals surface area contributed by atoms with Crippen molar-refractivity contribution in [1.29, 1.82) is 0 Å². The monoisotopic (exact) mass is 332 g/mol. The van der Waals surface area contributed by atoms with Crippen molar-refractivity contribution in [2.24, 2.45) is 0 Å². The van der Waals surface area contributed by atoms with Gasteiger partial charge in [-0.1, -0.05) is 30.3 Å². The fourth-order valence-electron chi connectivity index (χ4n) is 2.24. The Labute approximate surface area is 137 Å². The number of hydrogen-bond donors (Lipinski definition) is 0. The molecule has 0 bridgehead atoms. The summed E-state index contributed by atoms with van der Waals surface area (Å²) in [4.78, 5) is 24.2. The Morgan fingerprint density at radius 1 is 1.21 bits per heavy atom. The van der Waals surface area contributed by atoms with Crippen molar-refractivity contribution in [2.45, 2.75) is 19.0 Å². The van der Waals surface area contributed by atoms with Gasteiger partial charge < -0.3 is 23.4 Å². The molecule has 7 nitrogen and oxygen atoms in total. The minimum Gasteiger partial charge on any atom is -0.482 e. The van der Waals surface area contributed by atoms with E-state index >= 15 is 0 Å². The third-order valence-electron chi connectivity index (χ3n) is 3.55. The number of esters is 1. The van der Waals surface area contributed by atoms with Gasteiger partial charge in [0, 0.05) is 7.11 Å². The number of benzene rings is 1. The highest BCUT2D eigenvalue weighted by molar-refractivity contribution is 5.89. The van der Waals surface area contributed by atoms with Gasteiger partial charge in [0.25, 0.3) is 0 Å². The highest BCUT2D eigenvalue weighted by Crippen LogP contribution is 2.42. The lowest BCUT2D eigenvalue weighted by Crippen LogP contribution is -2.20. The third kappa shape index (κ3) is 3.17. The summed E-state index contributed by atoms with van der Waals surface area (Å²) in [6, 6.07) is 9.31.